The van der Waals surface area contributed by atoms with Crippen molar-refractivity contribution in [2.75, 3.05) is 11.1 Å². The van der Waals surface area contributed by atoms with Crippen molar-refractivity contribution >= 4 is 40.6 Å². The largest absolute Gasteiger partial charge is 0.351 e. The number of rotatable bonds is 8. The summed E-state index contributed by atoms with van der Waals surface area (Å²) >= 11 is 2.61. The molecule has 0 unspecified atom stereocenters. The number of halogens is 2. The number of hydrogen-bond acceptors (Lipinski definition) is 5. The molecular formula is C21H19F2N3O2S2. The van der Waals surface area contributed by atoms with Gasteiger partial charge in [-0.15, -0.1) is 11.3 Å². The van der Waals surface area contributed by atoms with Crippen LogP contribution >= 0.6 is 23.1 Å². The van der Waals surface area contributed by atoms with Crippen LogP contribution in [0.15, 0.2) is 52.2 Å². The number of aromatic nitrogens is 1. The average Bonchev–Trinajstić information content (AvgIpc) is 3.15. The van der Waals surface area contributed by atoms with Crippen molar-refractivity contribution in [2.45, 2.75) is 24.2 Å². The highest BCUT2D eigenvalue weighted by atomic mass is 32.2. The second-order valence-electron chi connectivity index (χ2n) is 6.46. The van der Waals surface area contributed by atoms with Gasteiger partial charge in [-0.25, -0.2) is 13.8 Å². The Hall–Kier alpha value is -2.78. The normalized spacial score (nSPS) is 10.6. The summed E-state index contributed by atoms with van der Waals surface area (Å²) in [6.07, 6.45) is -0.0112. The maximum absolute atomic E-state index is 13.6. The highest BCUT2D eigenvalue weighted by Gasteiger charge is 2.13. The van der Waals surface area contributed by atoms with Crippen LogP contribution in [-0.4, -0.2) is 22.6 Å². The average molecular weight is 448 g/mol. The quantitative estimate of drug-likeness (QED) is 0.505. The topological polar surface area (TPSA) is 71.1 Å². The molecule has 2 N–H and O–H groups in total. The number of carbonyl (C=O) groups is 2. The van der Waals surface area contributed by atoms with E-state index in [0.29, 0.717) is 10.0 Å². The van der Waals surface area contributed by atoms with E-state index in [1.54, 1.807) is 5.38 Å². The Kier molecular flexibility index (Phi) is 7.53. The summed E-state index contributed by atoms with van der Waals surface area (Å²) in [5.74, 6) is -1.75. The number of aryl methyl sites for hydroxylation is 1. The van der Waals surface area contributed by atoms with Crippen LogP contribution in [0.3, 0.4) is 0 Å². The number of carbonyl (C=O) groups excluding carboxylic acids is 2. The number of anilines is 1. The first-order chi connectivity index (χ1) is 14.4. The molecule has 3 aromatic rings. The van der Waals surface area contributed by atoms with Gasteiger partial charge in [-0.1, -0.05) is 35.5 Å². The molecule has 0 fully saturated rings. The summed E-state index contributed by atoms with van der Waals surface area (Å²) < 4.78 is 27.9. The third kappa shape index (κ3) is 6.36. The van der Waals surface area contributed by atoms with Gasteiger partial charge in [0.1, 0.15) is 11.6 Å². The van der Waals surface area contributed by atoms with E-state index in [4.69, 9.17) is 0 Å². The zero-order valence-corrected chi connectivity index (χ0v) is 17.7. The minimum Gasteiger partial charge on any atom is -0.351 e. The summed E-state index contributed by atoms with van der Waals surface area (Å²) in [4.78, 5) is 28.4. The third-order valence-corrected chi connectivity index (χ3v) is 6.13. The van der Waals surface area contributed by atoms with Gasteiger partial charge in [-0.3, -0.25) is 9.59 Å². The van der Waals surface area contributed by atoms with Crippen molar-refractivity contribution < 1.29 is 18.4 Å². The zero-order chi connectivity index (χ0) is 21.5. The summed E-state index contributed by atoms with van der Waals surface area (Å²) in [5, 5.41) is 7.03. The van der Waals surface area contributed by atoms with Crippen molar-refractivity contribution in [3.63, 3.8) is 0 Å². The molecule has 2 amide bonds. The van der Waals surface area contributed by atoms with Crippen molar-refractivity contribution in [1.82, 2.24) is 10.3 Å². The minimum absolute atomic E-state index is 0.0112. The Labute approximate surface area is 180 Å². The first kappa shape index (κ1) is 21.9. The van der Waals surface area contributed by atoms with Crippen LogP contribution in [0.4, 0.5) is 14.5 Å². The first-order valence-electron chi connectivity index (χ1n) is 9.04. The molecule has 0 aliphatic heterocycles. The lowest BCUT2D eigenvalue weighted by molar-refractivity contribution is -0.120. The third-order valence-electron chi connectivity index (χ3n) is 4.06. The molecule has 0 bridgehead atoms. The fraction of sp³-hybridized carbons (Fsp3) is 0.190. The fourth-order valence-corrected chi connectivity index (χ4v) is 4.16. The Morgan fingerprint density at radius 2 is 1.77 bits per heavy atom. The molecule has 1 aromatic heterocycles. The summed E-state index contributed by atoms with van der Waals surface area (Å²) in [6, 6.07) is 11.1. The van der Waals surface area contributed by atoms with Crippen LogP contribution in [0.25, 0.3) is 0 Å². The van der Waals surface area contributed by atoms with Crippen LogP contribution in [0, 0.1) is 18.6 Å². The Bertz CT molecular complexity index is 1020. The number of thioether (sulfide) groups is 1. The highest BCUT2D eigenvalue weighted by Crippen LogP contribution is 2.23. The maximum atomic E-state index is 13.6. The summed E-state index contributed by atoms with van der Waals surface area (Å²) in [7, 11) is 0. The lowest BCUT2D eigenvalue weighted by Gasteiger charge is -2.06. The molecule has 5 nitrogen and oxygen atoms in total. The number of amides is 2. The second kappa shape index (κ2) is 10.3. The molecule has 0 aliphatic rings. The molecule has 3 rings (SSSR count). The van der Waals surface area contributed by atoms with Crippen LogP contribution in [0.5, 0.6) is 0 Å². The number of nitrogens with zero attached hydrogens (tertiary/aromatic N) is 1. The second-order valence-corrected chi connectivity index (χ2v) is 8.54. The van der Waals surface area contributed by atoms with Crippen LogP contribution in [0.2, 0.25) is 0 Å². The fourth-order valence-electron chi connectivity index (χ4n) is 2.51. The van der Waals surface area contributed by atoms with Gasteiger partial charge in [0.15, 0.2) is 4.34 Å². The summed E-state index contributed by atoms with van der Waals surface area (Å²) in [6.45, 7) is 1.74. The number of hydrogen-bond donors (Lipinski definition) is 2. The van der Waals surface area contributed by atoms with Gasteiger partial charge in [-0.2, -0.15) is 0 Å². The van der Waals surface area contributed by atoms with Crippen LogP contribution < -0.4 is 10.6 Å². The molecule has 156 valence electrons. The first-order valence-corrected chi connectivity index (χ1v) is 10.9. The monoisotopic (exact) mass is 447 g/mol. The highest BCUT2D eigenvalue weighted by molar-refractivity contribution is 8.01. The van der Waals surface area contributed by atoms with Crippen LogP contribution in [0.1, 0.15) is 16.8 Å². The zero-order valence-electron chi connectivity index (χ0n) is 16.1. The SMILES string of the molecule is Cc1ccc(NC(=O)CSc2nc(CC(=O)NCc3c(F)cccc3F)cs2)cc1. The van der Waals surface area contributed by atoms with E-state index in [1.165, 1.54) is 29.2 Å². The molecule has 30 heavy (non-hydrogen) atoms. The van der Waals surface area contributed by atoms with Gasteiger partial charge >= 0.3 is 0 Å². The van der Waals surface area contributed by atoms with E-state index < -0.39 is 17.5 Å². The Balaban J connectivity index is 1.44. The molecule has 0 saturated carbocycles. The maximum Gasteiger partial charge on any atom is 0.234 e. The predicted molar refractivity (Wildman–Crippen MR) is 115 cm³/mol. The van der Waals surface area contributed by atoms with Crippen molar-refractivity contribution in [1.29, 1.82) is 0 Å². The van der Waals surface area contributed by atoms with Crippen molar-refractivity contribution in [2.24, 2.45) is 0 Å². The van der Waals surface area contributed by atoms with E-state index in [2.05, 4.69) is 15.6 Å². The van der Waals surface area contributed by atoms with Gasteiger partial charge in [0.25, 0.3) is 0 Å². The molecular weight excluding hydrogens is 428 g/mol. The minimum atomic E-state index is -0.702. The molecule has 0 radical (unpaired) electrons. The van der Waals surface area contributed by atoms with E-state index in [1.807, 2.05) is 31.2 Å². The molecule has 0 aliphatic carbocycles. The molecule has 2 aromatic carbocycles. The molecule has 9 heteroatoms. The molecule has 0 saturated heterocycles. The lowest BCUT2D eigenvalue weighted by Crippen LogP contribution is -2.25. The summed E-state index contributed by atoms with van der Waals surface area (Å²) in [5.41, 5.74) is 2.20. The van der Waals surface area contributed by atoms with E-state index >= 15 is 0 Å². The number of thiazole rings is 1. The molecule has 0 spiro atoms. The van der Waals surface area contributed by atoms with Gasteiger partial charge in [0.2, 0.25) is 11.8 Å². The van der Waals surface area contributed by atoms with Gasteiger partial charge < -0.3 is 10.6 Å². The predicted octanol–water partition coefficient (Wildman–Crippen LogP) is 4.32. The molecule has 0 atom stereocenters. The van der Waals surface area contributed by atoms with Crippen LogP contribution in [-0.2, 0) is 22.6 Å². The van der Waals surface area contributed by atoms with Gasteiger partial charge in [-0.05, 0) is 31.2 Å². The molecule has 1 heterocycles. The standard InChI is InChI=1S/C21H19F2N3O2S2/c1-13-5-7-14(8-6-13)25-20(28)12-30-21-26-15(11-29-21)9-19(27)24-10-16-17(22)3-2-4-18(16)23/h2-8,11H,9-10,12H2,1H3,(H,24,27)(H,25,28). The van der Waals surface area contributed by atoms with Gasteiger partial charge in [0.05, 0.1) is 17.9 Å². The van der Waals surface area contributed by atoms with E-state index in [9.17, 15) is 18.4 Å². The van der Waals surface area contributed by atoms with E-state index in [0.717, 1.165) is 23.4 Å². The van der Waals surface area contributed by atoms with E-state index in [-0.39, 0.29) is 30.2 Å². The number of nitrogens with one attached hydrogen (secondary N) is 2. The lowest BCUT2D eigenvalue weighted by atomic mass is 10.2. The van der Waals surface area contributed by atoms with Gasteiger partial charge in [0, 0.05) is 23.2 Å². The number of benzene rings is 2. The Morgan fingerprint density at radius 1 is 1.07 bits per heavy atom. The Morgan fingerprint density at radius 3 is 2.47 bits per heavy atom. The smallest absolute Gasteiger partial charge is 0.234 e. The van der Waals surface area contributed by atoms with Crippen molar-refractivity contribution in [3.05, 3.63) is 76.3 Å². The van der Waals surface area contributed by atoms with Crippen molar-refractivity contribution in [3.8, 4) is 0 Å².